The molecule has 1 saturated carbocycles. The fraction of sp³-hybridized carbons (Fsp3) is 0.385. The third-order valence-corrected chi connectivity index (χ3v) is 5.99. The molecule has 13 heteroatoms. The number of rotatable bonds is 12. The molecule has 0 radical (unpaired) electrons. The van der Waals surface area contributed by atoms with Crippen molar-refractivity contribution in [2.24, 2.45) is 5.92 Å². The molecule has 0 saturated heterocycles. The molecular formula is C26H32N8O5. The number of ether oxygens (including phenoxy) is 2. The summed E-state index contributed by atoms with van der Waals surface area (Å²) < 4.78 is 34.5. The summed E-state index contributed by atoms with van der Waals surface area (Å²) in [5.74, 6) is -1.02. The fourth-order valence-corrected chi connectivity index (χ4v) is 3.90. The van der Waals surface area contributed by atoms with Gasteiger partial charge in [-0.1, -0.05) is 6.07 Å². The first-order chi connectivity index (χ1) is 20.0. The molecule has 1 aromatic carbocycles. The zero-order chi connectivity index (χ0) is 30.4. The molecule has 0 atom stereocenters. The van der Waals surface area contributed by atoms with E-state index in [0.717, 1.165) is 18.5 Å². The van der Waals surface area contributed by atoms with Crippen LogP contribution < -0.4 is 26.0 Å². The van der Waals surface area contributed by atoms with Gasteiger partial charge in [-0.05, 0) is 38.0 Å². The maximum atomic E-state index is 12.8. The van der Waals surface area contributed by atoms with Crippen LogP contribution in [0.2, 0.25) is 0 Å². The Hall–Kier alpha value is -4.52. The number of nitrogens with one attached hydrogen (secondary N) is 4. The van der Waals surface area contributed by atoms with Crippen molar-refractivity contribution in [3.8, 4) is 17.0 Å². The zero-order valence-electron chi connectivity index (χ0n) is 24.8. The normalized spacial score (nSPS) is 14.0. The minimum absolute atomic E-state index is 0.0265. The van der Waals surface area contributed by atoms with E-state index in [2.05, 4.69) is 31.2 Å². The minimum Gasteiger partial charge on any atom is -0.494 e. The van der Waals surface area contributed by atoms with Gasteiger partial charge >= 0.3 is 0 Å². The summed E-state index contributed by atoms with van der Waals surface area (Å²) in [5, 5.41) is 22.9. The molecule has 4 rings (SSSR count). The first kappa shape index (κ1) is 23.6. The van der Waals surface area contributed by atoms with Gasteiger partial charge < -0.3 is 30.7 Å². The Balaban J connectivity index is 1.63. The number of amides is 3. The Labute approximate surface area is 229 Å². The number of anilines is 3. The SMILES string of the molecule is [2H]C([2H])([2H])NC(=O)c1nnc(NC(=O)C2CC2)cc1Nc1cccc(-c2cc(C)n(CCNC(=O)COC)n2)c1OC. The summed E-state index contributed by atoms with van der Waals surface area (Å²) in [4.78, 5) is 36.8. The van der Waals surface area contributed by atoms with E-state index in [1.165, 1.54) is 20.3 Å². The molecule has 2 heterocycles. The number of aromatic nitrogens is 4. The van der Waals surface area contributed by atoms with Gasteiger partial charge in [0.15, 0.2) is 17.3 Å². The molecule has 0 bridgehead atoms. The summed E-state index contributed by atoms with van der Waals surface area (Å²) >= 11 is 0. The number of benzene rings is 1. The third-order valence-electron chi connectivity index (χ3n) is 5.99. The van der Waals surface area contributed by atoms with Crippen molar-refractivity contribution in [2.45, 2.75) is 26.3 Å². The topological polar surface area (TPSA) is 161 Å². The molecular weight excluding hydrogens is 504 g/mol. The largest absolute Gasteiger partial charge is 0.494 e. The summed E-state index contributed by atoms with van der Waals surface area (Å²) in [6.07, 6.45) is 1.57. The quantitative estimate of drug-likeness (QED) is 0.269. The molecule has 0 spiro atoms. The maximum absolute atomic E-state index is 12.8. The van der Waals surface area contributed by atoms with E-state index < -0.39 is 12.9 Å². The Morgan fingerprint density at radius 2 is 1.97 bits per heavy atom. The van der Waals surface area contributed by atoms with Crippen molar-refractivity contribution in [3.63, 3.8) is 0 Å². The molecule has 206 valence electrons. The van der Waals surface area contributed by atoms with Crippen LogP contribution in [0, 0.1) is 12.8 Å². The van der Waals surface area contributed by atoms with Crippen LogP contribution in [0.25, 0.3) is 11.3 Å². The fourth-order valence-electron chi connectivity index (χ4n) is 3.90. The number of carbonyl (C=O) groups is 3. The number of aryl methyl sites for hydroxylation is 1. The highest BCUT2D eigenvalue weighted by Crippen LogP contribution is 2.38. The zero-order valence-corrected chi connectivity index (χ0v) is 21.8. The van der Waals surface area contributed by atoms with Crippen molar-refractivity contribution in [1.82, 2.24) is 30.6 Å². The highest BCUT2D eigenvalue weighted by molar-refractivity contribution is 6.00. The molecule has 1 fully saturated rings. The van der Waals surface area contributed by atoms with Crippen LogP contribution in [0.5, 0.6) is 5.75 Å². The minimum atomic E-state index is -2.75. The van der Waals surface area contributed by atoms with Crippen molar-refractivity contribution in [1.29, 1.82) is 0 Å². The molecule has 0 unspecified atom stereocenters. The molecule has 3 amide bonds. The summed E-state index contributed by atoms with van der Waals surface area (Å²) in [6.45, 7) is -0.102. The van der Waals surface area contributed by atoms with Crippen molar-refractivity contribution < 1.29 is 28.0 Å². The first-order valence-electron chi connectivity index (χ1n) is 13.7. The lowest BCUT2D eigenvalue weighted by Gasteiger charge is -2.16. The Morgan fingerprint density at radius 1 is 1.15 bits per heavy atom. The smallest absolute Gasteiger partial charge is 0.273 e. The van der Waals surface area contributed by atoms with Crippen LogP contribution in [0.1, 0.15) is 33.1 Å². The van der Waals surface area contributed by atoms with Crippen LogP contribution in [0.3, 0.4) is 0 Å². The van der Waals surface area contributed by atoms with Crippen molar-refractivity contribution >= 4 is 34.9 Å². The van der Waals surface area contributed by atoms with E-state index >= 15 is 0 Å². The summed E-state index contributed by atoms with van der Waals surface area (Å²) in [7, 11) is 2.93. The van der Waals surface area contributed by atoms with Crippen LogP contribution in [0.15, 0.2) is 30.3 Å². The van der Waals surface area contributed by atoms with Gasteiger partial charge in [0.25, 0.3) is 5.91 Å². The van der Waals surface area contributed by atoms with Gasteiger partial charge in [-0.2, -0.15) is 5.10 Å². The second kappa shape index (κ2) is 12.3. The average Bonchev–Trinajstić information content (AvgIpc) is 3.71. The lowest BCUT2D eigenvalue weighted by atomic mass is 10.1. The van der Waals surface area contributed by atoms with E-state index in [1.807, 2.05) is 24.4 Å². The summed E-state index contributed by atoms with van der Waals surface area (Å²) in [6, 6.07) is 8.54. The van der Waals surface area contributed by atoms with Gasteiger partial charge in [0.2, 0.25) is 11.8 Å². The van der Waals surface area contributed by atoms with Gasteiger partial charge in [0.05, 0.1) is 30.7 Å². The average molecular weight is 540 g/mol. The highest BCUT2D eigenvalue weighted by Gasteiger charge is 2.30. The first-order valence-corrected chi connectivity index (χ1v) is 12.2. The van der Waals surface area contributed by atoms with Crippen LogP contribution in [-0.2, 0) is 20.9 Å². The molecule has 13 nitrogen and oxygen atoms in total. The second-order valence-corrected chi connectivity index (χ2v) is 8.90. The lowest BCUT2D eigenvalue weighted by molar-refractivity contribution is -0.124. The van der Waals surface area contributed by atoms with Gasteiger partial charge in [-0.15, -0.1) is 10.2 Å². The number of hydrogen-bond donors (Lipinski definition) is 4. The molecule has 39 heavy (non-hydrogen) atoms. The van der Waals surface area contributed by atoms with E-state index in [1.54, 1.807) is 16.8 Å². The number of nitrogens with zero attached hydrogens (tertiary/aromatic N) is 4. The molecule has 2 aromatic heterocycles. The Kier molecular flexibility index (Phi) is 7.47. The molecule has 1 aliphatic carbocycles. The summed E-state index contributed by atoms with van der Waals surface area (Å²) in [5.41, 5.74) is 2.31. The molecule has 0 aliphatic heterocycles. The number of hydrogen-bond acceptors (Lipinski definition) is 9. The van der Waals surface area contributed by atoms with E-state index in [4.69, 9.17) is 13.6 Å². The third kappa shape index (κ3) is 6.68. The monoisotopic (exact) mass is 539 g/mol. The lowest BCUT2D eigenvalue weighted by Crippen LogP contribution is -2.30. The number of methoxy groups -OCH3 is 2. The Bertz CT molecular complexity index is 1470. The molecule has 3 aromatic rings. The standard InChI is InChI=1S/C26H32N8O5/c1-15-12-19(33-34(15)11-10-28-22(35)14-38-3)17-6-5-7-18(24(17)39-4)29-20-13-21(30-25(36)16-8-9-16)31-32-23(20)26(37)27-2/h5-7,12-13,16H,8-11,14H2,1-4H3,(H,27,37)(H,28,35)(H2,29,30,31,36)/i2D3. The van der Waals surface area contributed by atoms with E-state index in [9.17, 15) is 14.4 Å². The molecule has 4 N–H and O–H groups in total. The van der Waals surface area contributed by atoms with Gasteiger partial charge in [-0.3, -0.25) is 19.1 Å². The van der Waals surface area contributed by atoms with E-state index in [-0.39, 0.29) is 41.5 Å². The van der Waals surface area contributed by atoms with Crippen LogP contribution in [-0.4, -0.2) is 72.0 Å². The van der Waals surface area contributed by atoms with Gasteiger partial charge in [0, 0.05) is 48.0 Å². The van der Waals surface area contributed by atoms with E-state index in [0.29, 0.717) is 35.8 Å². The van der Waals surface area contributed by atoms with Crippen LogP contribution >= 0.6 is 0 Å². The van der Waals surface area contributed by atoms with Gasteiger partial charge in [0.1, 0.15) is 6.61 Å². The van der Waals surface area contributed by atoms with Crippen molar-refractivity contribution in [3.05, 3.63) is 41.7 Å². The number of para-hydroxylation sites is 1. The predicted molar refractivity (Wildman–Crippen MR) is 144 cm³/mol. The van der Waals surface area contributed by atoms with Gasteiger partial charge in [-0.25, -0.2) is 0 Å². The second-order valence-electron chi connectivity index (χ2n) is 8.90. The van der Waals surface area contributed by atoms with Crippen molar-refractivity contribution in [2.75, 3.05) is 45.0 Å². The Morgan fingerprint density at radius 3 is 2.69 bits per heavy atom. The maximum Gasteiger partial charge on any atom is 0.273 e. The number of carbonyl (C=O) groups excluding carboxylic acids is 3. The van der Waals surface area contributed by atoms with Crippen LogP contribution in [0.4, 0.5) is 17.2 Å². The predicted octanol–water partition coefficient (Wildman–Crippen LogP) is 1.87. The highest BCUT2D eigenvalue weighted by atomic mass is 16.5. The molecule has 1 aliphatic rings.